The third kappa shape index (κ3) is 6.68. The van der Waals surface area contributed by atoms with Gasteiger partial charge in [-0.15, -0.1) is 0 Å². The summed E-state index contributed by atoms with van der Waals surface area (Å²) in [7, 11) is 0. The molecule has 1 aliphatic rings. The Balaban J connectivity index is 1.86. The number of nitrogens with one attached hydrogen (secondary N) is 1. The van der Waals surface area contributed by atoms with Gasteiger partial charge in [0, 0.05) is 31.8 Å². The molecule has 1 fully saturated rings. The molecule has 28 heavy (non-hydrogen) atoms. The van der Waals surface area contributed by atoms with Crippen LogP contribution < -0.4 is 5.32 Å². The number of ether oxygens (including phenoxy) is 1. The number of carbonyl (C=O) groups is 2. The highest BCUT2D eigenvalue weighted by atomic mass is 16.6. The first-order valence-corrected chi connectivity index (χ1v) is 9.33. The fraction of sp³-hybridized carbons (Fsp3) is 0.500. The third-order valence-electron chi connectivity index (χ3n) is 4.28. The number of hydrogen-bond donors (Lipinski definition) is 1. The molecule has 1 atom stereocenters. The van der Waals surface area contributed by atoms with Gasteiger partial charge in [0.1, 0.15) is 5.60 Å². The minimum absolute atomic E-state index is 0.0492. The highest BCUT2D eigenvalue weighted by Crippen LogP contribution is 2.20. The largest absolute Gasteiger partial charge is 0.444 e. The van der Waals surface area contributed by atoms with Crippen LogP contribution >= 0.6 is 0 Å². The Hall–Kier alpha value is -2.90. The number of para-hydroxylation sites is 1. The van der Waals surface area contributed by atoms with Gasteiger partial charge in [0.2, 0.25) is 5.91 Å². The normalized spacial score (nSPS) is 17.4. The molecule has 1 aliphatic heterocycles. The quantitative estimate of drug-likeness (QED) is 0.473. The standard InChI is InChI=1S/C20H27N3O5/c1-20(2,3)28-19(25)22-12-6-7-15(14-22)13-21-18(24)11-10-16-8-4-5-9-17(16)23(26)27/h4-5,8-11,15H,6-7,12-14H2,1-3H3,(H,21,24). The minimum atomic E-state index is -0.539. The number of benzene rings is 1. The van der Waals surface area contributed by atoms with E-state index in [-0.39, 0.29) is 23.6 Å². The molecular weight excluding hydrogens is 362 g/mol. The van der Waals surface area contributed by atoms with Gasteiger partial charge >= 0.3 is 6.09 Å². The van der Waals surface area contributed by atoms with E-state index < -0.39 is 10.5 Å². The predicted octanol–water partition coefficient (Wildman–Crippen LogP) is 3.37. The maximum Gasteiger partial charge on any atom is 0.410 e. The summed E-state index contributed by atoms with van der Waals surface area (Å²) in [5, 5.41) is 13.8. The molecule has 0 saturated carbocycles. The summed E-state index contributed by atoms with van der Waals surface area (Å²) in [4.78, 5) is 36.5. The summed E-state index contributed by atoms with van der Waals surface area (Å²) >= 11 is 0. The summed E-state index contributed by atoms with van der Waals surface area (Å²) in [5.41, 5.74) is -0.216. The third-order valence-corrected chi connectivity index (χ3v) is 4.28. The monoisotopic (exact) mass is 389 g/mol. The molecule has 1 unspecified atom stereocenters. The number of piperidine rings is 1. The van der Waals surface area contributed by atoms with Crippen molar-refractivity contribution in [1.82, 2.24) is 10.2 Å². The van der Waals surface area contributed by atoms with E-state index in [0.717, 1.165) is 12.8 Å². The van der Waals surface area contributed by atoms with Crippen molar-refractivity contribution in [1.29, 1.82) is 0 Å². The van der Waals surface area contributed by atoms with Gasteiger partial charge in [-0.3, -0.25) is 14.9 Å². The first-order valence-electron chi connectivity index (χ1n) is 9.33. The lowest BCUT2D eigenvalue weighted by molar-refractivity contribution is -0.385. The van der Waals surface area contributed by atoms with Crippen molar-refractivity contribution in [2.75, 3.05) is 19.6 Å². The average Bonchev–Trinajstić information content (AvgIpc) is 2.63. The molecule has 8 heteroatoms. The minimum Gasteiger partial charge on any atom is -0.444 e. The van der Waals surface area contributed by atoms with Crippen LogP contribution in [0.3, 0.4) is 0 Å². The van der Waals surface area contributed by atoms with Gasteiger partial charge in [0.25, 0.3) is 5.69 Å². The van der Waals surface area contributed by atoms with E-state index in [9.17, 15) is 19.7 Å². The fourth-order valence-electron chi connectivity index (χ4n) is 2.99. The second-order valence-corrected chi connectivity index (χ2v) is 7.83. The molecule has 0 radical (unpaired) electrons. The fourth-order valence-corrected chi connectivity index (χ4v) is 2.99. The Morgan fingerprint density at radius 1 is 1.36 bits per heavy atom. The van der Waals surface area contributed by atoms with Gasteiger partial charge in [-0.1, -0.05) is 12.1 Å². The molecule has 1 N–H and O–H groups in total. The van der Waals surface area contributed by atoms with Crippen LogP contribution in [0.15, 0.2) is 30.3 Å². The van der Waals surface area contributed by atoms with Crippen molar-refractivity contribution in [2.24, 2.45) is 5.92 Å². The molecule has 152 valence electrons. The van der Waals surface area contributed by atoms with Crippen LogP contribution in [-0.4, -0.2) is 47.1 Å². The Labute approximate surface area is 164 Å². The van der Waals surface area contributed by atoms with E-state index in [1.54, 1.807) is 23.1 Å². The Morgan fingerprint density at radius 3 is 2.75 bits per heavy atom. The van der Waals surface area contributed by atoms with Crippen molar-refractivity contribution < 1.29 is 19.2 Å². The Bertz CT molecular complexity index is 754. The van der Waals surface area contributed by atoms with Crippen molar-refractivity contribution >= 4 is 23.8 Å². The molecule has 2 rings (SSSR count). The Morgan fingerprint density at radius 2 is 2.07 bits per heavy atom. The van der Waals surface area contributed by atoms with Crippen molar-refractivity contribution in [3.05, 3.63) is 46.0 Å². The van der Waals surface area contributed by atoms with Crippen LogP contribution in [0.25, 0.3) is 6.08 Å². The average molecular weight is 389 g/mol. The lowest BCUT2D eigenvalue weighted by atomic mass is 9.98. The van der Waals surface area contributed by atoms with Gasteiger partial charge in [0.05, 0.1) is 10.5 Å². The lowest BCUT2D eigenvalue weighted by Gasteiger charge is -2.34. The zero-order chi connectivity index (χ0) is 20.7. The van der Waals surface area contributed by atoms with E-state index >= 15 is 0 Å². The molecule has 0 aromatic heterocycles. The van der Waals surface area contributed by atoms with Gasteiger partial charge in [-0.05, 0) is 51.7 Å². The van der Waals surface area contributed by atoms with Crippen LogP contribution in [0, 0.1) is 16.0 Å². The van der Waals surface area contributed by atoms with Crippen molar-refractivity contribution in [2.45, 2.75) is 39.2 Å². The summed E-state index contributed by atoms with van der Waals surface area (Å²) in [6.07, 6.45) is 4.15. The number of rotatable bonds is 5. The van der Waals surface area contributed by atoms with Gasteiger partial charge < -0.3 is 15.0 Å². The number of carbonyl (C=O) groups excluding carboxylic acids is 2. The van der Waals surface area contributed by atoms with Gasteiger partial charge in [-0.2, -0.15) is 0 Å². The summed E-state index contributed by atoms with van der Waals surface area (Å²) < 4.78 is 5.40. The maximum absolute atomic E-state index is 12.2. The molecule has 0 aliphatic carbocycles. The highest BCUT2D eigenvalue weighted by Gasteiger charge is 2.27. The molecular formula is C20H27N3O5. The SMILES string of the molecule is CC(C)(C)OC(=O)N1CCCC(CNC(=O)C=Cc2ccccc2[N+](=O)[O-])C1. The van der Waals surface area contributed by atoms with Crippen LogP contribution in [0.2, 0.25) is 0 Å². The number of nitro benzene ring substituents is 1. The summed E-state index contributed by atoms with van der Waals surface area (Å²) in [6, 6.07) is 6.24. The predicted molar refractivity (Wildman–Crippen MR) is 106 cm³/mol. The van der Waals surface area contributed by atoms with Crippen LogP contribution in [0.4, 0.5) is 10.5 Å². The molecule has 0 bridgehead atoms. The molecule has 0 spiro atoms. The lowest BCUT2D eigenvalue weighted by Crippen LogP contribution is -2.45. The number of nitrogens with zero attached hydrogens (tertiary/aromatic N) is 2. The van der Waals surface area contributed by atoms with E-state index in [2.05, 4.69) is 5.32 Å². The molecule has 1 heterocycles. The van der Waals surface area contributed by atoms with Crippen LogP contribution in [-0.2, 0) is 9.53 Å². The number of amides is 2. The van der Waals surface area contributed by atoms with E-state index in [0.29, 0.717) is 25.2 Å². The number of hydrogen-bond acceptors (Lipinski definition) is 5. The van der Waals surface area contributed by atoms with Crippen molar-refractivity contribution in [3.8, 4) is 0 Å². The number of nitro groups is 1. The van der Waals surface area contributed by atoms with E-state index in [1.807, 2.05) is 20.8 Å². The molecule has 8 nitrogen and oxygen atoms in total. The molecule has 1 aromatic rings. The van der Waals surface area contributed by atoms with Gasteiger partial charge in [0.15, 0.2) is 0 Å². The zero-order valence-electron chi connectivity index (χ0n) is 16.5. The second kappa shape index (κ2) is 9.34. The van der Waals surface area contributed by atoms with E-state index in [1.165, 1.54) is 18.2 Å². The molecule has 1 saturated heterocycles. The van der Waals surface area contributed by atoms with Crippen LogP contribution in [0.5, 0.6) is 0 Å². The van der Waals surface area contributed by atoms with E-state index in [4.69, 9.17) is 4.74 Å². The topological polar surface area (TPSA) is 102 Å². The maximum atomic E-state index is 12.2. The molecule has 1 aromatic carbocycles. The second-order valence-electron chi connectivity index (χ2n) is 7.83. The summed E-state index contributed by atoms with van der Waals surface area (Å²) in [6.45, 7) is 7.10. The first kappa shape index (κ1) is 21.4. The summed E-state index contributed by atoms with van der Waals surface area (Å²) in [5.74, 6) is -0.183. The first-order chi connectivity index (χ1) is 13.2. The van der Waals surface area contributed by atoms with Crippen LogP contribution in [0.1, 0.15) is 39.2 Å². The smallest absolute Gasteiger partial charge is 0.410 e. The van der Waals surface area contributed by atoms with Gasteiger partial charge in [-0.25, -0.2) is 4.79 Å². The highest BCUT2D eigenvalue weighted by molar-refractivity contribution is 5.92. The number of likely N-dealkylation sites (tertiary alicyclic amines) is 1. The Kier molecular flexibility index (Phi) is 7.14. The van der Waals surface area contributed by atoms with Crippen molar-refractivity contribution in [3.63, 3.8) is 0 Å². The molecule has 2 amide bonds. The zero-order valence-corrected chi connectivity index (χ0v) is 16.5.